The summed E-state index contributed by atoms with van der Waals surface area (Å²) in [6, 6.07) is 5.44. The van der Waals surface area contributed by atoms with E-state index in [4.69, 9.17) is 0 Å². The molecule has 2 heterocycles. The quantitative estimate of drug-likeness (QED) is 0.656. The van der Waals surface area contributed by atoms with Crippen molar-refractivity contribution in [3.63, 3.8) is 0 Å². The van der Waals surface area contributed by atoms with Crippen LogP contribution in [0.3, 0.4) is 0 Å². The molecule has 2 saturated heterocycles. The lowest BCUT2D eigenvalue weighted by Gasteiger charge is -2.27. The lowest BCUT2D eigenvalue weighted by molar-refractivity contribution is -0.497. The maximum Gasteiger partial charge on any atom is 0.234 e. The van der Waals surface area contributed by atoms with E-state index in [0.29, 0.717) is 6.42 Å². The summed E-state index contributed by atoms with van der Waals surface area (Å²) >= 11 is 0. The van der Waals surface area contributed by atoms with E-state index in [-0.39, 0.29) is 10.8 Å². The molecule has 1 aromatic rings. The molecule has 1 aromatic carbocycles. The molecule has 0 aromatic heterocycles. The topological polar surface area (TPSA) is 78.7 Å². The minimum Gasteiger partial charge on any atom is -0.370 e. The molecule has 3 fully saturated rings. The van der Waals surface area contributed by atoms with Gasteiger partial charge in [-0.25, -0.2) is 0 Å². The first kappa shape index (κ1) is 16.2. The van der Waals surface area contributed by atoms with Crippen molar-refractivity contribution in [1.29, 1.82) is 0 Å². The third kappa shape index (κ3) is 3.15. The molecular weight excluding hydrogens is 320 g/mol. The highest BCUT2D eigenvalue weighted by molar-refractivity contribution is 6.01. The number of carbonyl (C=O) groups is 1. The Morgan fingerprint density at radius 2 is 1.56 bits per heavy atom. The van der Waals surface area contributed by atoms with Crippen LogP contribution < -0.4 is 15.1 Å². The summed E-state index contributed by atoms with van der Waals surface area (Å²) in [6.45, 7) is 3.97. The van der Waals surface area contributed by atoms with Gasteiger partial charge in [0.05, 0.1) is 17.1 Å². The highest BCUT2D eigenvalue weighted by Crippen LogP contribution is 2.41. The molecule has 1 saturated carbocycles. The summed E-state index contributed by atoms with van der Waals surface area (Å²) in [5.41, 5.74) is 2.94. The van der Waals surface area contributed by atoms with Crippen molar-refractivity contribution < 1.29 is 9.72 Å². The van der Waals surface area contributed by atoms with Gasteiger partial charge in [-0.05, 0) is 37.8 Å². The number of nitrogens with one attached hydrogen (secondary N) is 1. The van der Waals surface area contributed by atoms with Crippen molar-refractivity contribution >= 4 is 23.0 Å². The summed E-state index contributed by atoms with van der Waals surface area (Å²) in [4.78, 5) is 27.8. The van der Waals surface area contributed by atoms with E-state index in [1.54, 1.807) is 0 Å². The minimum absolute atomic E-state index is 0.214. The van der Waals surface area contributed by atoms with Gasteiger partial charge in [0.2, 0.25) is 11.9 Å². The Hall–Kier alpha value is -2.31. The fourth-order valence-corrected chi connectivity index (χ4v) is 4.01. The molecule has 25 heavy (non-hydrogen) atoms. The molecule has 7 nitrogen and oxygen atoms in total. The van der Waals surface area contributed by atoms with Gasteiger partial charge >= 0.3 is 0 Å². The fraction of sp³-hybridized carbons (Fsp3) is 0.611. The van der Waals surface area contributed by atoms with Gasteiger partial charge < -0.3 is 15.1 Å². The van der Waals surface area contributed by atoms with E-state index in [1.807, 2.05) is 6.07 Å². The summed E-state index contributed by atoms with van der Waals surface area (Å²) < 4.78 is 0. The Morgan fingerprint density at radius 3 is 2.00 bits per heavy atom. The molecule has 2 atom stereocenters. The average molecular weight is 344 g/mol. The van der Waals surface area contributed by atoms with Crippen LogP contribution in [0, 0.1) is 16.0 Å². The van der Waals surface area contributed by atoms with Gasteiger partial charge in [-0.1, -0.05) is 6.07 Å². The monoisotopic (exact) mass is 344 g/mol. The van der Waals surface area contributed by atoms with Gasteiger partial charge in [0.15, 0.2) is 0 Å². The van der Waals surface area contributed by atoms with Gasteiger partial charge in [-0.3, -0.25) is 14.9 Å². The Balaban J connectivity index is 1.62. The second-order valence-electron chi connectivity index (χ2n) is 7.24. The Kier molecular flexibility index (Phi) is 4.23. The van der Waals surface area contributed by atoms with Gasteiger partial charge in [-0.2, -0.15) is 0 Å². The zero-order chi connectivity index (χ0) is 17.4. The first-order valence-corrected chi connectivity index (χ1v) is 9.22. The van der Waals surface area contributed by atoms with Crippen LogP contribution in [-0.4, -0.2) is 43.1 Å². The smallest absolute Gasteiger partial charge is 0.234 e. The van der Waals surface area contributed by atoms with E-state index < -0.39 is 12.0 Å². The van der Waals surface area contributed by atoms with E-state index >= 15 is 0 Å². The molecule has 4 rings (SSSR count). The lowest BCUT2D eigenvalue weighted by Crippen LogP contribution is -2.26. The third-order valence-corrected chi connectivity index (χ3v) is 5.53. The van der Waals surface area contributed by atoms with Crippen LogP contribution in [0.1, 0.15) is 32.1 Å². The Morgan fingerprint density at radius 1 is 1.04 bits per heavy atom. The van der Waals surface area contributed by atoms with E-state index in [9.17, 15) is 14.9 Å². The Labute approximate surface area is 147 Å². The number of rotatable bonds is 5. The van der Waals surface area contributed by atoms with Crippen LogP contribution in [-0.2, 0) is 4.79 Å². The van der Waals surface area contributed by atoms with Crippen molar-refractivity contribution in [2.75, 3.05) is 41.3 Å². The van der Waals surface area contributed by atoms with Gasteiger partial charge in [0.1, 0.15) is 5.92 Å². The molecule has 2 aliphatic heterocycles. The Bertz CT molecular complexity index is 647. The molecule has 1 amide bonds. The van der Waals surface area contributed by atoms with Crippen molar-refractivity contribution in [3.05, 3.63) is 28.3 Å². The molecule has 0 radical (unpaired) electrons. The zero-order valence-electron chi connectivity index (χ0n) is 14.3. The molecule has 1 N–H and O–H groups in total. The van der Waals surface area contributed by atoms with Crippen molar-refractivity contribution in [2.24, 2.45) is 5.92 Å². The number of benzene rings is 1. The minimum atomic E-state index is -0.714. The van der Waals surface area contributed by atoms with Crippen molar-refractivity contribution in [1.82, 2.24) is 0 Å². The van der Waals surface area contributed by atoms with Crippen molar-refractivity contribution in [2.45, 2.75) is 38.1 Å². The van der Waals surface area contributed by atoms with E-state index in [1.165, 1.54) is 0 Å². The molecule has 0 spiro atoms. The SMILES string of the molecule is O=C(Nc1c(N2CCCC2)cccc1N1CCCC1)[C@@H]1C[C@H]1[N+](=O)[O-]. The number of nitrogens with zero attached hydrogens (tertiary/aromatic N) is 3. The van der Waals surface area contributed by atoms with Gasteiger partial charge in [0.25, 0.3) is 0 Å². The first-order valence-electron chi connectivity index (χ1n) is 9.22. The third-order valence-electron chi connectivity index (χ3n) is 5.53. The van der Waals surface area contributed by atoms with Crippen LogP contribution >= 0.6 is 0 Å². The standard InChI is InChI=1S/C18H24N4O3/c23-18(13-12-16(13)22(24)25)19-17-14(20-8-1-2-9-20)6-5-7-15(17)21-10-3-4-11-21/h5-7,13,16H,1-4,8-12H2,(H,19,23)/t13-,16-/m1/s1. The molecule has 1 aliphatic carbocycles. The van der Waals surface area contributed by atoms with E-state index in [2.05, 4.69) is 27.2 Å². The molecule has 134 valence electrons. The molecule has 7 heteroatoms. The number of anilines is 3. The molecular formula is C18H24N4O3. The average Bonchev–Trinajstić information content (AvgIpc) is 3.00. The lowest BCUT2D eigenvalue weighted by atomic mass is 10.1. The number of carbonyl (C=O) groups excluding carboxylic acids is 1. The zero-order valence-corrected chi connectivity index (χ0v) is 14.3. The number of hydrogen-bond acceptors (Lipinski definition) is 5. The number of hydrogen-bond donors (Lipinski definition) is 1. The second-order valence-corrected chi connectivity index (χ2v) is 7.24. The van der Waals surface area contributed by atoms with Gasteiger partial charge in [0, 0.05) is 37.5 Å². The summed E-state index contributed by atoms with van der Waals surface area (Å²) in [6.07, 6.45) is 4.99. The normalized spacial score (nSPS) is 25.3. The first-order chi connectivity index (χ1) is 12.1. The summed E-state index contributed by atoms with van der Waals surface area (Å²) in [5, 5.41) is 13.9. The van der Waals surface area contributed by atoms with Gasteiger partial charge in [-0.15, -0.1) is 0 Å². The molecule has 0 bridgehead atoms. The number of para-hydroxylation sites is 1. The van der Waals surface area contributed by atoms with Crippen LogP contribution in [0.4, 0.5) is 17.1 Å². The maximum atomic E-state index is 12.6. The summed E-state index contributed by atoms with van der Waals surface area (Å²) in [7, 11) is 0. The second kappa shape index (κ2) is 6.54. The van der Waals surface area contributed by atoms with Crippen LogP contribution in [0.5, 0.6) is 0 Å². The summed E-state index contributed by atoms with van der Waals surface area (Å²) in [5.74, 6) is -0.707. The van der Waals surface area contributed by atoms with Crippen molar-refractivity contribution in [3.8, 4) is 0 Å². The highest BCUT2D eigenvalue weighted by atomic mass is 16.6. The van der Waals surface area contributed by atoms with Crippen LogP contribution in [0.25, 0.3) is 0 Å². The predicted molar refractivity (Wildman–Crippen MR) is 96.9 cm³/mol. The van der Waals surface area contributed by atoms with Crippen LogP contribution in [0.15, 0.2) is 18.2 Å². The molecule has 3 aliphatic rings. The molecule has 0 unspecified atom stereocenters. The van der Waals surface area contributed by atoms with E-state index in [0.717, 1.165) is 68.9 Å². The number of amides is 1. The maximum absolute atomic E-state index is 12.6. The number of nitro groups is 1. The fourth-order valence-electron chi connectivity index (χ4n) is 4.01. The predicted octanol–water partition coefficient (Wildman–Crippen LogP) is 2.49. The highest BCUT2D eigenvalue weighted by Gasteiger charge is 2.53. The van der Waals surface area contributed by atoms with Crippen LogP contribution in [0.2, 0.25) is 0 Å². The largest absolute Gasteiger partial charge is 0.370 e.